The van der Waals surface area contributed by atoms with Crippen LogP contribution in [0.1, 0.15) is 40.0 Å². The summed E-state index contributed by atoms with van der Waals surface area (Å²) in [6.45, 7) is 8.78. The van der Waals surface area contributed by atoms with Crippen LogP contribution in [0.15, 0.2) is 47.4 Å². The summed E-state index contributed by atoms with van der Waals surface area (Å²) in [4.78, 5) is 19.7. The van der Waals surface area contributed by atoms with Crippen molar-refractivity contribution in [1.29, 1.82) is 0 Å². The number of benzene rings is 2. The molecule has 2 fully saturated rings. The molecule has 0 aliphatic carbocycles. The van der Waals surface area contributed by atoms with Crippen LogP contribution in [0.5, 0.6) is 5.75 Å². The van der Waals surface area contributed by atoms with E-state index in [4.69, 9.17) is 16.3 Å². The minimum atomic E-state index is -3.67. The van der Waals surface area contributed by atoms with E-state index in [-0.39, 0.29) is 22.8 Å². The number of nitrogens with one attached hydrogen (secondary N) is 1. The lowest BCUT2D eigenvalue weighted by atomic mass is 9.74. The largest absolute Gasteiger partial charge is 0.494 e. The summed E-state index contributed by atoms with van der Waals surface area (Å²) in [5.41, 5.74) is 0.220. The Labute approximate surface area is 233 Å². The van der Waals surface area contributed by atoms with Gasteiger partial charge in [0.2, 0.25) is 15.9 Å². The lowest BCUT2D eigenvalue weighted by Gasteiger charge is -2.39. The maximum Gasteiger partial charge on any atom is 0.243 e. The van der Waals surface area contributed by atoms with Crippen molar-refractivity contribution in [3.05, 3.63) is 47.5 Å². The Balaban J connectivity index is 1.19. The van der Waals surface area contributed by atoms with E-state index in [0.29, 0.717) is 23.3 Å². The number of sulfonamides is 1. The Morgan fingerprint density at radius 3 is 2.66 bits per heavy atom. The SMILES string of the molecule is CCOc1ccc2nc(NC(=O)CN3CCC4(CC3)CN(S(=O)(=O)c3cccc(Cl)c3)C(C)(C)C4)sc2c1. The highest BCUT2D eigenvalue weighted by molar-refractivity contribution is 7.89. The quantitative estimate of drug-likeness (QED) is 0.413. The Bertz CT molecular complexity index is 1450. The van der Waals surface area contributed by atoms with Gasteiger partial charge in [-0.3, -0.25) is 9.69 Å². The van der Waals surface area contributed by atoms with Gasteiger partial charge in [-0.15, -0.1) is 0 Å². The summed E-state index contributed by atoms with van der Waals surface area (Å²) in [6, 6.07) is 12.2. The zero-order valence-electron chi connectivity index (χ0n) is 21.9. The lowest BCUT2D eigenvalue weighted by Crippen LogP contribution is -2.45. The molecule has 0 saturated carbocycles. The van der Waals surface area contributed by atoms with Crippen LogP contribution in [-0.4, -0.2) is 66.8 Å². The smallest absolute Gasteiger partial charge is 0.243 e. The zero-order chi connectivity index (χ0) is 27.1. The molecule has 2 saturated heterocycles. The fraction of sp³-hybridized carbons (Fsp3) is 0.481. The van der Waals surface area contributed by atoms with Gasteiger partial charge in [0, 0.05) is 17.1 Å². The Morgan fingerprint density at radius 2 is 1.95 bits per heavy atom. The number of amides is 1. The van der Waals surface area contributed by atoms with E-state index < -0.39 is 15.6 Å². The summed E-state index contributed by atoms with van der Waals surface area (Å²) in [7, 11) is -3.67. The van der Waals surface area contributed by atoms with Crippen LogP contribution in [0.25, 0.3) is 10.2 Å². The Morgan fingerprint density at radius 1 is 1.18 bits per heavy atom. The Kier molecular flexibility index (Phi) is 7.47. The molecule has 0 radical (unpaired) electrons. The molecular formula is C27H33ClN4O4S2. The molecule has 3 heterocycles. The van der Waals surface area contributed by atoms with Crippen molar-refractivity contribution >= 4 is 54.2 Å². The fourth-order valence-electron chi connectivity index (χ4n) is 5.84. The highest BCUT2D eigenvalue weighted by Crippen LogP contribution is 2.50. The van der Waals surface area contributed by atoms with Crippen LogP contribution in [0, 0.1) is 5.41 Å². The van der Waals surface area contributed by atoms with Gasteiger partial charge < -0.3 is 10.1 Å². The predicted molar refractivity (Wildman–Crippen MR) is 152 cm³/mol. The number of carbonyl (C=O) groups is 1. The second-order valence-corrected chi connectivity index (χ2v) is 14.2. The lowest BCUT2D eigenvalue weighted by molar-refractivity contribution is -0.117. The number of thiazole rings is 1. The zero-order valence-corrected chi connectivity index (χ0v) is 24.3. The molecule has 0 atom stereocenters. The second-order valence-electron chi connectivity index (χ2n) is 10.9. The molecule has 11 heteroatoms. The van der Waals surface area contributed by atoms with Crippen molar-refractivity contribution in [2.75, 3.05) is 38.1 Å². The monoisotopic (exact) mass is 576 g/mol. The number of fused-ring (bicyclic) bond motifs is 1. The number of likely N-dealkylation sites (tertiary alicyclic amines) is 1. The predicted octanol–water partition coefficient (Wildman–Crippen LogP) is 5.24. The van der Waals surface area contributed by atoms with Crippen LogP contribution in [0.2, 0.25) is 5.02 Å². The third-order valence-electron chi connectivity index (χ3n) is 7.55. The molecule has 2 aliphatic heterocycles. The van der Waals surface area contributed by atoms with Crippen LogP contribution >= 0.6 is 22.9 Å². The molecule has 3 aromatic rings. The van der Waals surface area contributed by atoms with Crippen molar-refractivity contribution in [2.45, 2.75) is 50.5 Å². The number of hydrogen-bond acceptors (Lipinski definition) is 7. The third kappa shape index (κ3) is 5.56. The van der Waals surface area contributed by atoms with E-state index in [1.54, 1.807) is 22.5 Å². The summed E-state index contributed by atoms with van der Waals surface area (Å²) in [6.07, 6.45) is 2.47. The summed E-state index contributed by atoms with van der Waals surface area (Å²) in [5.74, 6) is 0.694. The van der Waals surface area contributed by atoms with Gasteiger partial charge in [-0.25, -0.2) is 13.4 Å². The normalized spacial score (nSPS) is 19.7. The topological polar surface area (TPSA) is 91.8 Å². The van der Waals surface area contributed by atoms with Crippen molar-refractivity contribution in [1.82, 2.24) is 14.2 Å². The van der Waals surface area contributed by atoms with E-state index in [1.165, 1.54) is 17.4 Å². The third-order valence-corrected chi connectivity index (χ3v) is 10.8. The number of anilines is 1. The maximum absolute atomic E-state index is 13.5. The molecular weight excluding hydrogens is 544 g/mol. The van der Waals surface area contributed by atoms with Crippen molar-refractivity contribution in [3.8, 4) is 5.75 Å². The molecule has 0 bridgehead atoms. The van der Waals surface area contributed by atoms with Crippen LogP contribution in [0.4, 0.5) is 5.13 Å². The number of rotatable bonds is 7. The number of nitrogens with zero attached hydrogens (tertiary/aromatic N) is 3. The van der Waals surface area contributed by atoms with Gasteiger partial charge in [-0.1, -0.05) is 29.0 Å². The van der Waals surface area contributed by atoms with E-state index in [1.807, 2.05) is 39.0 Å². The molecule has 38 heavy (non-hydrogen) atoms. The summed E-state index contributed by atoms with van der Waals surface area (Å²) in [5, 5.41) is 3.92. The Hall–Kier alpha value is -2.24. The standard InChI is InChI=1S/C27H33ClN4O4S2/c1-4-36-20-8-9-22-23(15-20)37-25(29-22)30-24(33)16-31-12-10-27(11-13-31)17-26(2,3)32(18-27)38(34,35)21-7-5-6-19(28)14-21/h5-9,14-15H,4,10-13,16-18H2,1-3H3,(H,29,30,33). The van der Waals surface area contributed by atoms with Crippen molar-refractivity contribution in [2.24, 2.45) is 5.41 Å². The van der Waals surface area contributed by atoms with E-state index in [9.17, 15) is 13.2 Å². The average Bonchev–Trinajstić information content (AvgIpc) is 3.37. The number of aromatic nitrogens is 1. The van der Waals surface area contributed by atoms with Crippen LogP contribution < -0.4 is 10.1 Å². The minimum absolute atomic E-state index is 0.0954. The van der Waals surface area contributed by atoms with Crippen molar-refractivity contribution < 1.29 is 17.9 Å². The van der Waals surface area contributed by atoms with Crippen molar-refractivity contribution in [3.63, 3.8) is 0 Å². The first-order valence-corrected chi connectivity index (χ1v) is 15.5. The first-order chi connectivity index (χ1) is 18.0. The molecule has 1 aromatic heterocycles. The number of piperidine rings is 1. The number of ether oxygens (including phenoxy) is 1. The summed E-state index contributed by atoms with van der Waals surface area (Å²) >= 11 is 7.52. The molecule has 0 unspecified atom stereocenters. The van der Waals surface area contributed by atoms with Gasteiger partial charge in [0.25, 0.3) is 0 Å². The highest BCUT2D eigenvalue weighted by Gasteiger charge is 2.53. The molecule has 204 valence electrons. The van der Waals surface area contributed by atoms with E-state index >= 15 is 0 Å². The fourth-order valence-corrected chi connectivity index (χ4v) is 8.95. The van der Waals surface area contributed by atoms with E-state index in [0.717, 1.165) is 48.3 Å². The second kappa shape index (κ2) is 10.4. The first kappa shape index (κ1) is 27.3. The maximum atomic E-state index is 13.5. The number of carbonyl (C=O) groups excluding carboxylic acids is 1. The van der Waals surface area contributed by atoms with Crippen LogP contribution in [-0.2, 0) is 14.8 Å². The molecule has 1 spiro atoms. The van der Waals surface area contributed by atoms with E-state index in [2.05, 4.69) is 15.2 Å². The highest BCUT2D eigenvalue weighted by atomic mass is 35.5. The van der Waals surface area contributed by atoms with Gasteiger partial charge in [-0.05, 0) is 94.9 Å². The molecule has 1 amide bonds. The molecule has 5 rings (SSSR count). The van der Waals surface area contributed by atoms with Gasteiger partial charge in [0.05, 0.1) is 28.3 Å². The van der Waals surface area contributed by atoms with Crippen LogP contribution in [0.3, 0.4) is 0 Å². The molecule has 1 N–H and O–H groups in total. The molecule has 2 aromatic carbocycles. The summed E-state index contributed by atoms with van der Waals surface area (Å²) < 4.78 is 35.2. The number of halogens is 1. The van der Waals surface area contributed by atoms with Gasteiger partial charge in [0.1, 0.15) is 5.75 Å². The average molecular weight is 577 g/mol. The molecule has 2 aliphatic rings. The number of hydrogen-bond donors (Lipinski definition) is 1. The van der Waals surface area contributed by atoms with Gasteiger partial charge in [-0.2, -0.15) is 4.31 Å². The molecule has 8 nitrogen and oxygen atoms in total. The first-order valence-electron chi connectivity index (χ1n) is 12.8. The minimum Gasteiger partial charge on any atom is -0.494 e. The van der Waals surface area contributed by atoms with Gasteiger partial charge >= 0.3 is 0 Å². The van der Waals surface area contributed by atoms with Gasteiger partial charge in [0.15, 0.2) is 5.13 Å².